The number of allylic oxidation sites excluding steroid dienone is 1. The number of rotatable bonds is 2. The monoisotopic (exact) mass is 381 g/mol. The Morgan fingerprint density at radius 3 is 2.17 bits per heavy atom. The highest BCUT2D eigenvalue weighted by Gasteiger charge is 2.48. The molecule has 7 heteroatoms. The van der Waals surface area contributed by atoms with Crippen LogP contribution in [0.5, 0.6) is 0 Å². The molecule has 29 heavy (non-hydrogen) atoms. The van der Waals surface area contributed by atoms with Gasteiger partial charge in [0.15, 0.2) is 0 Å². The standard InChI is InChI=1S/C22H15N5O2/c1-26-21(28)18-17(14-9-7-13(11-23)8-10-14)16(12-24)20(25)27(19(18)22(26)29)15-5-3-2-4-6-15/h2-10,17H,25H2,1H3. The highest BCUT2D eigenvalue weighted by Crippen LogP contribution is 2.45. The molecule has 4 rings (SSSR count). The van der Waals surface area contributed by atoms with Crippen LogP contribution in [0.3, 0.4) is 0 Å². The summed E-state index contributed by atoms with van der Waals surface area (Å²) < 4.78 is 0. The van der Waals surface area contributed by atoms with Crippen LogP contribution in [0.4, 0.5) is 5.69 Å². The van der Waals surface area contributed by atoms with Crippen molar-refractivity contribution >= 4 is 17.5 Å². The van der Waals surface area contributed by atoms with Crippen LogP contribution in [-0.4, -0.2) is 23.8 Å². The van der Waals surface area contributed by atoms with Gasteiger partial charge in [0, 0.05) is 12.7 Å². The maximum absolute atomic E-state index is 13.0. The van der Waals surface area contributed by atoms with Crippen LogP contribution < -0.4 is 10.6 Å². The van der Waals surface area contributed by atoms with Gasteiger partial charge in [0.2, 0.25) is 0 Å². The average Bonchev–Trinajstić information content (AvgIpc) is 2.97. The first-order valence-electron chi connectivity index (χ1n) is 8.81. The van der Waals surface area contributed by atoms with Crippen molar-refractivity contribution in [2.45, 2.75) is 5.92 Å². The van der Waals surface area contributed by atoms with Gasteiger partial charge in [-0.15, -0.1) is 0 Å². The van der Waals surface area contributed by atoms with Gasteiger partial charge in [0.1, 0.15) is 11.5 Å². The summed E-state index contributed by atoms with van der Waals surface area (Å²) in [5.74, 6) is -1.64. The van der Waals surface area contributed by atoms with Gasteiger partial charge < -0.3 is 5.73 Å². The molecule has 0 bridgehead atoms. The molecule has 0 aromatic heterocycles. The van der Waals surface area contributed by atoms with Gasteiger partial charge in [-0.2, -0.15) is 10.5 Å². The van der Waals surface area contributed by atoms with Crippen molar-refractivity contribution < 1.29 is 9.59 Å². The smallest absolute Gasteiger partial charge is 0.278 e. The maximum Gasteiger partial charge on any atom is 0.278 e. The summed E-state index contributed by atoms with van der Waals surface area (Å²) in [5.41, 5.74) is 8.55. The molecule has 2 aromatic rings. The van der Waals surface area contributed by atoms with E-state index in [0.29, 0.717) is 16.8 Å². The summed E-state index contributed by atoms with van der Waals surface area (Å²) in [5, 5.41) is 18.9. The molecule has 0 fully saturated rings. The zero-order chi connectivity index (χ0) is 20.7. The molecule has 0 radical (unpaired) electrons. The second-order valence-electron chi connectivity index (χ2n) is 6.68. The first kappa shape index (κ1) is 18.0. The van der Waals surface area contributed by atoms with Crippen molar-refractivity contribution in [3.63, 3.8) is 0 Å². The Bertz CT molecular complexity index is 1180. The summed E-state index contributed by atoms with van der Waals surface area (Å²) >= 11 is 0. The second kappa shape index (κ2) is 6.66. The van der Waals surface area contributed by atoms with Crippen LogP contribution in [-0.2, 0) is 9.59 Å². The van der Waals surface area contributed by atoms with Gasteiger partial charge in [-0.1, -0.05) is 30.3 Å². The number of likely N-dealkylation sites (N-methyl/N-ethyl adjacent to an activating group) is 1. The molecule has 0 saturated carbocycles. The summed E-state index contributed by atoms with van der Waals surface area (Å²) in [6, 6.07) is 19.6. The van der Waals surface area contributed by atoms with Crippen molar-refractivity contribution in [3.8, 4) is 12.1 Å². The van der Waals surface area contributed by atoms with E-state index in [9.17, 15) is 14.9 Å². The van der Waals surface area contributed by atoms with E-state index < -0.39 is 17.7 Å². The number of para-hydroxylation sites is 1. The fourth-order valence-corrected chi connectivity index (χ4v) is 3.71. The van der Waals surface area contributed by atoms with E-state index in [4.69, 9.17) is 11.0 Å². The number of nitrogens with zero attached hydrogens (tertiary/aromatic N) is 4. The fourth-order valence-electron chi connectivity index (χ4n) is 3.71. The SMILES string of the molecule is CN1C(=O)C2=C(C1=O)N(c1ccccc1)C(N)=C(C#N)C2c1ccc(C#N)cc1. The Morgan fingerprint density at radius 2 is 1.59 bits per heavy atom. The summed E-state index contributed by atoms with van der Waals surface area (Å²) in [4.78, 5) is 28.5. The lowest BCUT2D eigenvalue weighted by Gasteiger charge is -2.33. The van der Waals surface area contributed by atoms with Crippen molar-refractivity contribution in [2.75, 3.05) is 11.9 Å². The number of nitrogens with two attached hydrogens (primary N) is 1. The molecule has 2 amide bonds. The lowest BCUT2D eigenvalue weighted by atomic mass is 9.81. The third kappa shape index (κ3) is 2.57. The largest absolute Gasteiger partial charge is 0.384 e. The molecule has 2 aromatic carbocycles. The number of amides is 2. The summed E-state index contributed by atoms with van der Waals surface area (Å²) in [6.45, 7) is 0. The van der Waals surface area contributed by atoms with Crippen molar-refractivity contribution in [1.29, 1.82) is 10.5 Å². The molecule has 2 N–H and O–H groups in total. The minimum absolute atomic E-state index is 0.100. The van der Waals surface area contributed by atoms with Crippen LogP contribution in [0.2, 0.25) is 0 Å². The number of hydrogen-bond acceptors (Lipinski definition) is 6. The lowest BCUT2D eigenvalue weighted by molar-refractivity contribution is -0.136. The van der Waals surface area contributed by atoms with Crippen LogP contribution in [0.15, 0.2) is 77.3 Å². The third-order valence-corrected chi connectivity index (χ3v) is 5.12. The molecule has 0 aliphatic carbocycles. The minimum atomic E-state index is -0.788. The molecule has 2 heterocycles. The molecule has 7 nitrogen and oxygen atoms in total. The summed E-state index contributed by atoms with van der Waals surface area (Å²) in [7, 11) is 1.41. The molecule has 2 aliphatic heterocycles. The van der Waals surface area contributed by atoms with Crippen molar-refractivity contribution in [1.82, 2.24) is 4.90 Å². The number of carbonyl (C=O) groups is 2. The van der Waals surface area contributed by atoms with E-state index >= 15 is 0 Å². The quantitative estimate of drug-likeness (QED) is 0.797. The maximum atomic E-state index is 13.0. The molecule has 1 atom stereocenters. The zero-order valence-corrected chi connectivity index (χ0v) is 15.5. The Labute approximate surface area is 167 Å². The predicted molar refractivity (Wildman–Crippen MR) is 104 cm³/mol. The number of imide groups is 1. The average molecular weight is 381 g/mol. The Hall–Kier alpha value is -4.36. The van der Waals surface area contributed by atoms with Gasteiger partial charge in [0.05, 0.1) is 34.8 Å². The van der Waals surface area contributed by atoms with Crippen LogP contribution in [0.25, 0.3) is 0 Å². The van der Waals surface area contributed by atoms with E-state index in [1.165, 1.54) is 11.9 Å². The fraction of sp³-hybridized carbons (Fsp3) is 0.0909. The van der Waals surface area contributed by atoms with Crippen LogP contribution in [0, 0.1) is 22.7 Å². The van der Waals surface area contributed by atoms with Gasteiger partial charge in [-0.25, -0.2) is 0 Å². The van der Waals surface area contributed by atoms with E-state index in [1.54, 1.807) is 48.5 Å². The van der Waals surface area contributed by atoms with Gasteiger partial charge in [0.25, 0.3) is 11.8 Å². The van der Waals surface area contributed by atoms with E-state index in [1.807, 2.05) is 12.1 Å². The van der Waals surface area contributed by atoms with Gasteiger partial charge in [-0.05, 0) is 29.8 Å². The third-order valence-electron chi connectivity index (χ3n) is 5.12. The predicted octanol–water partition coefficient (Wildman–Crippen LogP) is 2.11. The number of carbonyl (C=O) groups excluding carboxylic acids is 2. The minimum Gasteiger partial charge on any atom is -0.384 e. The lowest BCUT2D eigenvalue weighted by Crippen LogP contribution is -2.37. The number of nitriles is 2. The Kier molecular flexibility index (Phi) is 4.14. The van der Waals surface area contributed by atoms with Gasteiger partial charge >= 0.3 is 0 Å². The van der Waals surface area contributed by atoms with E-state index in [0.717, 1.165) is 4.90 Å². The van der Waals surface area contributed by atoms with Crippen molar-refractivity contribution in [3.05, 3.63) is 88.4 Å². The Morgan fingerprint density at radius 1 is 0.931 bits per heavy atom. The molecular weight excluding hydrogens is 366 g/mol. The molecule has 0 saturated heterocycles. The zero-order valence-electron chi connectivity index (χ0n) is 15.5. The van der Waals surface area contributed by atoms with Crippen LogP contribution in [0.1, 0.15) is 17.0 Å². The molecule has 0 spiro atoms. The van der Waals surface area contributed by atoms with Gasteiger partial charge in [-0.3, -0.25) is 19.4 Å². The van der Waals surface area contributed by atoms with Crippen LogP contribution >= 0.6 is 0 Å². The van der Waals surface area contributed by atoms with Crippen molar-refractivity contribution in [2.24, 2.45) is 5.73 Å². The topological polar surface area (TPSA) is 114 Å². The van der Waals surface area contributed by atoms with E-state index in [2.05, 4.69) is 6.07 Å². The molecule has 1 unspecified atom stereocenters. The first-order valence-corrected chi connectivity index (χ1v) is 8.81. The Balaban J connectivity index is 1.99. The number of benzene rings is 2. The number of hydrogen-bond donors (Lipinski definition) is 1. The first-order chi connectivity index (χ1) is 14.0. The highest BCUT2D eigenvalue weighted by atomic mass is 16.2. The second-order valence-corrected chi connectivity index (χ2v) is 6.68. The number of anilines is 1. The normalized spacial score (nSPS) is 18.7. The molecule has 2 aliphatic rings. The molecular formula is C22H15N5O2. The summed E-state index contributed by atoms with van der Waals surface area (Å²) in [6.07, 6.45) is 0. The highest BCUT2D eigenvalue weighted by molar-refractivity contribution is 6.22. The van der Waals surface area contributed by atoms with E-state index in [-0.39, 0.29) is 22.7 Å². The molecule has 140 valence electrons.